The molecule has 102 valence electrons. The van der Waals surface area contributed by atoms with Crippen LogP contribution in [0.4, 0.5) is 0 Å². The molecule has 2 aromatic rings. The lowest BCUT2D eigenvalue weighted by Crippen LogP contribution is -2.10. The number of halogens is 2. The van der Waals surface area contributed by atoms with Crippen molar-refractivity contribution in [2.75, 3.05) is 6.54 Å². The van der Waals surface area contributed by atoms with Crippen LogP contribution in [0.2, 0.25) is 5.02 Å². The second-order valence-corrected chi connectivity index (χ2v) is 6.59. The third-order valence-corrected chi connectivity index (χ3v) is 4.38. The Kier molecular flexibility index (Phi) is 5.70. The summed E-state index contributed by atoms with van der Waals surface area (Å²) in [5, 5.41) is 3.93. The van der Waals surface area contributed by atoms with Crippen molar-refractivity contribution in [3.63, 3.8) is 0 Å². The standard InChI is InChI=1S/C14H15BrClNOS/c1-2-17-8-11-4-5-12(19-11)9-18-14-6-3-10(15)7-13(14)16/h3-7,17H,2,8-9H2,1H3. The molecule has 0 atom stereocenters. The van der Waals surface area contributed by atoms with Gasteiger partial charge in [0.1, 0.15) is 12.4 Å². The molecule has 5 heteroatoms. The number of benzene rings is 1. The Morgan fingerprint density at radius 3 is 2.79 bits per heavy atom. The molecular formula is C14H15BrClNOS. The van der Waals surface area contributed by atoms with Gasteiger partial charge < -0.3 is 10.1 Å². The fourth-order valence-electron chi connectivity index (χ4n) is 1.58. The van der Waals surface area contributed by atoms with E-state index in [1.54, 1.807) is 11.3 Å². The number of rotatable bonds is 6. The van der Waals surface area contributed by atoms with E-state index in [0.29, 0.717) is 17.4 Å². The van der Waals surface area contributed by atoms with Crippen LogP contribution in [-0.2, 0) is 13.2 Å². The first kappa shape index (κ1) is 14.9. The first-order valence-electron chi connectivity index (χ1n) is 6.05. The smallest absolute Gasteiger partial charge is 0.138 e. The van der Waals surface area contributed by atoms with Crippen LogP contribution in [0.5, 0.6) is 5.75 Å². The zero-order valence-corrected chi connectivity index (χ0v) is 13.7. The number of ether oxygens (including phenoxy) is 1. The van der Waals surface area contributed by atoms with Crippen molar-refractivity contribution >= 4 is 38.9 Å². The summed E-state index contributed by atoms with van der Waals surface area (Å²) < 4.78 is 6.69. The molecule has 1 aromatic carbocycles. The zero-order valence-electron chi connectivity index (χ0n) is 10.6. The molecule has 1 aromatic heterocycles. The molecule has 0 unspecified atom stereocenters. The molecule has 0 spiro atoms. The van der Waals surface area contributed by atoms with Gasteiger partial charge in [-0.05, 0) is 36.9 Å². The van der Waals surface area contributed by atoms with Crippen molar-refractivity contribution in [3.05, 3.63) is 49.6 Å². The molecule has 1 N–H and O–H groups in total. The van der Waals surface area contributed by atoms with Crippen molar-refractivity contribution in [1.82, 2.24) is 5.32 Å². The first-order valence-corrected chi connectivity index (χ1v) is 8.04. The van der Waals surface area contributed by atoms with Gasteiger partial charge >= 0.3 is 0 Å². The highest BCUT2D eigenvalue weighted by Gasteiger charge is 2.04. The Balaban J connectivity index is 1.92. The topological polar surface area (TPSA) is 21.3 Å². The maximum Gasteiger partial charge on any atom is 0.138 e. The van der Waals surface area contributed by atoms with E-state index in [9.17, 15) is 0 Å². The van der Waals surface area contributed by atoms with Gasteiger partial charge in [0.2, 0.25) is 0 Å². The lowest BCUT2D eigenvalue weighted by atomic mass is 10.3. The number of hydrogen-bond acceptors (Lipinski definition) is 3. The average Bonchev–Trinajstić information content (AvgIpc) is 2.83. The molecule has 19 heavy (non-hydrogen) atoms. The Hall–Kier alpha value is -0.550. The summed E-state index contributed by atoms with van der Waals surface area (Å²) in [5.41, 5.74) is 0. The number of thiophene rings is 1. The average molecular weight is 361 g/mol. The molecule has 0 amide bonds. The first-order chi connectivity index (χ1) is 9.19. The van der Waals surface area contributed by atoms with Crippen LogP contribution in [0.1, 0.15) is 16.7 Å². The SMILES string of the molecule is CCNCc1ccc(COc2ccc(Br)cc2Cl)s1. The molecule has 0 aliphatic carbocycles. The number of hydrogen-bond donors (Lipinski definition) is 1. The summed E-state index contributed by atoms with van der Waals surface area (Å²) in [6.45, 7) is 4.56. The van der Waals surface area contributed by atoms with Crippen LogP contribution in [0, 0.1) is 0 Å². The molecule has 0 radical (unpaired) electrons. The normalized spacial score (nSPS) is 10.7. The second-order valence-electron chi connectivity index (χ2n) is 4.01. The molecule has 0 fully saturated rings. The van der Waals surface area contributed by atoms with E-state index >= 15 is 0 Å². The largest absolute Gasteiger partial charge is 0.487 e. The summed E-state index contributed by atoms with van der Waals surface area (Å²) in [6.07, 6.45) is 0. The fourth-order valence-corrected chi connectivity index (χ4v) is 3.21. The summed E-state index contributed by atoms with van der Waals surface area (Å²) in [4.78, 5) is 2.52. The zero-order chi connectivity index (χ0) is 13.7. The second kappa shape index (κ2) is 7.29. The maximum atomic E-state index is 6.11. The van der Waals surface area contributed by atoms with E-state index in [0.717, 1.165) is 17.6 Å². The molecule has 0 saturated carbocycles. The van der Waals surface area contributed by atoms with E-state index in [1.165, 1.54) is 9.75 Å². The van der Waals surface area contributed by atoms with E-state index in [4.69, 9.17) is 16.3 Å². The minimum Gasteiger partial charge on any atom is -0.487 e. The van der Waals surface area contributed by atoms with E-state index in [2.05, 4.69) is 40.3 Å². The third-order valence-electron chi connectivity index (χ3n) is 2.53. The lowest BCUT2D eigenvalue weighted by Gasteiger charge is -2.06. The minimum atomic E-state index is 0.554. The van der Waals surface area contributed by atoms with Crippen molar-refractivity contribution in [2.45, 2.75) is 20.1 Å². The van der Waals surface area contributed by atoms with Crippen LogP contribution in [0.15, 0.2) is 34.8 Å². The van der Waals surface area contributed by atoms with Gasteiger partial charge in [0.05, 0.1) is 5.02 Å². The summed E-state index contributed by atoms with van der Waals surface area (Å²) in [5.74, 6) is 0.714. The molecule has 0 aliphatic rings. The predicted molar refractivity (Wildman–Crippen MR) is 85.2 cm³/mol. The van der Waals surface area contributed by atoms with Crippen LogP contribution in [0.3, 0.4) is 0 Å². The fraction of sp³-hybridized carbons (Fsp3) is 0.286. The van der Waals surface area contributed by atoms with E-state index in [-0.39, 0.29) is 0 Å². The summed E-state index contributed by atoms with van der Waals surface area (Å²) >= 11 is 11.2. The van der Waals surface area contributed by atoms with E-state index in [1.807, 2.05) is 18.2 Å². The Bertz CT molecular complexity index is 544. The van der Waals surface area contributed by atoms with Gasteiger partial charge in [-0.15, -0.1) is 11.3 Å². The quantitative estimate of drug-likeness (QED) is 0.795. The van der Waals surface area contributed by atoms with Gasteiger partial charge in [0.25, 0.3) is 0 Å². The molecule has 0 saturated heterocycles. The molecule has 1 heterocycles. The van der Waals surface area contributed by atoms with Gasteiger partial charge in [-0.25, -0.2) is 0 Å². The Labute approximate surface area is 130 Å². The highest BCUT2D eigenvalue weighted by Crippen LogP contribution is 2.29. The molecular weight excluding hydrogens is 346 g/mol. The van der Waals surface area contributed by atoms with Gasteiger partial charge in [0.15, 0.2) is 0 Å². The third kappa shape index (κ3) is 4.49. The molecule has 0 aliphatic heterocycles. The monoisotopic (exact) mass is 359 g/mol. The summed E-state index contributed by atoms with van der Waals surface area (Å²) in [7, 11) is 0. The van der Waals surface area contributed by atoms with Gasteiger partial charge in [-0.3, -0.25) is 0 Å². The van der Waals surface area contributed by atoms with Gasteiger partial charge in [-0.2, -0.15) is 0 Å². The maximum absolute atomic E-state index is 6.11. The van der Waals surface area contributed by atoms with Crippen molar-refractivity contribution in [3.8, 4) is 5.75 Å². The molecule has 2 nitrogen and oxygen atoms in total. The predicted octanol–water partition coefficient (Wildman–Crippen LogP) is 4.85. The van der Waals surface area contributed by atoms with Crippen LogP contribution in [0.25, 0.3) is 0 Å². The van der Waals surface area contributed by atoms with Gasteiger partial charge in [-0.1, -0.05) is 34.5 Å². The number of nitrogens with one attached hydrogen (secondary N) is 1. The van der Waals surface area contributed by atoms with Crippen LogP contribution >= 0.6 is 38.9 Å². The van der Waals surface area contributed by atoms with Crippen molar-refractivity contribution in [1.29, 1.82) is 0 Å². The van der Waals surface area contributed by atoms with Crippen molar-refractivity contribution < 1.29 is 4.74 Å². The van der Waals surface area contributed by atoms with Crippen LogP contribution < -0.4 is 10.1 Å². The highest BCUT2D eigenvalue weighted by atomic mass is 79.9. The lowest BCUT2D eigenvalue weighted by molar-refractivity contribution is 0.310. The minimum absolute atomic E-state index is 0.554. The molecule has 2 rings (SSSR count). The molecule has 0 bridgehead atoms. The Morgan fingerprint density at radius 2 is 2.05 bits per heavy atom. The summed E-state index contributed by atoms with van der Waals surface area (Å²) in [6, 6.07) is 9.87. The van der Waals surface area contributed by atoms with E-state index < -0.39 is 0 Å². The Morgan fingerprint density at radius 1 is 1.26 bits per heavy atom. The highest BCUT2D eigenvalue weighted by molar-refractivity contribution is 9.10. The van der Waals surface area contributed by atoms with Gasteiger partial charge in [0, 0.05) is 20.8 Å². The van der Waals surface area contributed by atoms with Crippen molar-refractivity contribution in [2.24, 2.45) is 0 Å². The van der Waals surface area contributed by atoms with Crippen LogP contribution in [-0.4, -0.2) is 6.54 Å².